The molecule has 2 saturated carbocycles. The van der Waals surface area contributed by atoms with Crippen LogP contribution in [0.3, 0.4) is 0 Å². The first kappa shape index (κ1) is 30.7. The fraction of sp³-hybridized carbons (Fsp3) is 0.929. The third-order valence-electron chi connectivity index (χ3n) is 6.40. The Morgan fingerprint density at radius 1 is 0.528 bits per heavy atom. The molecule has 0 saturated heterocycles. The summed E-state index contributed by atoms with van der Waals surface area (Å²) in [5, 5.41) is 13.8. The molecule has 0 aromatic heterocycles. The molecule has 2 aliphatic rings. The van der Waals surface area contributed by atoms with Crippen LogP contribution in [-0.4, -0.2) is 73.6 Å². The number of ether oxygens (including phenoxy) is 2. The minimum Gasteiger partial charge on any atom is -0.376 e. The van der Waals surface area contributed by atoms with Gasteiger partial charge in [0.15, 0.2) is 11.9 Å². The highest BCUT2D eigenvalue weighted by Crippen LogP contribution is 2.25. The second kappa shape index (κ2) is 16.3. The second-order valence-electron chi connectivity index (χ2n) is 11.8. The highest BCUT2D eigenvalue weighted by molar-refractivity contribution is 5.81. The normalized spacial score (nSPS) is 24.7. The Morgan fingerprint density at radius 2 is 0.806 bits per heavy atom. The molecular formula is C28H56N6O2. The molecule has 0 atom stereocenters. The van der Waals surface area contributed by atoms with Crippen molar-refractivity contribution in [3.05, 3.63) is 0 Å². The van der Waals surface area contributed by atoms with Crippen molar-refractivity contribution in [1.29, 1.82) is 0 Å². The predicted molar refractivity (Wildman–Crippen MR) is 152 cm³/mol. The zero-order chi connectivity index (χ0) is 26.5. The zero-order valence-corrected chi connectivity index (χ0v) is 24.4. The molecule has 8 heteroatoms. The van der Waals surface area contributed by atoms with E-state index in [-0.39, 0.29) is 0 Å². The van der Waals surface area contributed by atoms with E-state index in [4.69, 9.17) is 19.5 Å². The molecule has 0 radical (unpaired) electrons. The topological polar surface area (TPSA) is 91.3 Å². The van der Waals surface area contributed by atoms with Gasteiger partial charge < -0.3 is 30.7 Å². The van der Waals surface area contributed by atoms with Gasteiger partial charge in [-0.15, -0.1) is 0 Å². The summed E-state index contributed by atoms with van der Waals surface area (Å²) in [5.74, 6) is 1.86. The van der Waals surface area contributed by atoms with Gasteiger partial charge in [0.25, 0.3) is 0 Å². The largest absolute Gasteiger partial charge is 0.376 e. The Balaban J connectivity index is 1.63. The smallest absolute Gasteiger partial charge is 0.191 e. The van der Waals surface area contributed by atoms with E-state index in [0.29, 0.717) is 61.7 Å². The van der Waals surface area contributed by atoms with Crippen molar-refractivity contribution in [1.82, 2.24) is 21.3 Å². The Morgan fingerprint density at radius 3 is 1.06 bits per heavy atom. The fourth-order valence-electron chi connectivity index (χ4n) is 4.80. The molecule has 8 nitrogen and oxygen atoms in total. The number of hydrogen-bond donors (Lipinski definition) is 4. The molecule has 2 rings (SSSR count). The number of hydrogen-bond acceptors (Lipinski definition) is 4. The zero-order valence-electron chi connectivity index (χ0n) is 24.4. The lowest BCUT2D eigenvalue weighted by atomic mass is 9.93. The lowest BCUT2D eigenvalue weighted by molar-refractivity contribution is -0.0420. The monoisotopic (exact) mass is 508 g/mol. The lowest BCUT2D eigenvalue weighted by Crippen LogP contribution is -2.45. The predicted octanol–water partition coefficient (Wildman–Crippen LogP) is 4.35. The highest BCUT2D eigenvalue weighted by atomic mass is 16.5. The van der Waals surface area contributed by atoms with Gasteiger partial charge in [-0.05, 0) is 107 Å². The van der Waals surface area contributed by atoms with Crippen LogP contribution in [0.15, 0.2) is 9.98 Å². The molecular weight excluding hydrogens is 452 g/mol. The summed E-state index contributed by atoms with van der Waals surface area (Å²) in [4.78, 5) is 9.91. The number of rotatable bonds is 11. The van der Waals surface area contributed by atoms with Crippen molar-refractivity contribution in [2.75, 3.05) is 13.2 Å². The van der Waals surface area contributed by atoms with Crippen LogP contribution in [0.1, 0.15) is 107 Å². The van der Waals surface area contributed by atoms with Crippen LogP contribution in [0, 0.1) is 0 Å². The molecule has 0 heterocycles. The van der Waals surface area contributed by atoms with Gasteiger partial charge in [0, 0.05) is 24.2 Å². The van der Waals surface area contributed by atoms with E-state index in [2.05, 4.69) is 76.7 Å². The van der Waals surface area contributed by atoms with Gasteiger partial charge in [-0.3, -0.25) is 0 Å². The van der Waals surface area contributed by atoms with E-state index in [1.165, 1.54) is 0 Å². The number of nitrogens with zero attached hydrogens (tertiary/aromatic N) is 2. The molecule has 2 fully saturated rings. The van der Waals surface area contributed by atoms with Crippen molar-refractivity contribution >= 4 is 11.9 Å². The summed E-state index contributed by atoms with van der Waals surface area (Å²) in [6.45, 7) is 18.6. The summed E-state index contributed by atoms with van der Waals surface area (Å²) in [7, 11) is 0. The molecule has 0 aliphatic heterocycles. The molecule has 0 unspecified atom stereocenters. The average molecular weight is 509 g/mol. The number of nitrogens with one attached hydrogen (secondary N) is 4. The van der Waals surface area contributed by atoms with Crippen LogP contribution in [-0.2, 0) is 9.47 Å². The maximum atomic E-state index is 6.16. The molecule has 0 aromatic carbocycles. The van der Waals surface area contributed by atoms with Crippen molar-refractivity contribution in [3.63, 3.8) is 0 Å². The van der Waals surface area contributed by atoms with Crippen molar-refractivity contribution in [2.45, 2.75) is 155 Å². The third-order valence-corrected chi connectivity index (χ3v) is 6.40. The summed E-state index contributed by atoms with van der Waals surface area (Å²) < 4.78 is 12.3. The summed E-state index contributed by atoms with van der Waals surface area (Å²) in [5.41, 5.74) is 0. The maximum Gasteiger partial charge on any atom is 0.191 e. The standard InChI is InChI=1S/C28H56N6O2/c1-19(2)29-27(30-20(3)4)33-23-9-13-25(14-10-23)35-17-18-36-26-15-11-24(12-16-26)34-28(31-21(5)6)32-22(7)8/h19-26H,9-18H2,1-8H3,(H2,29,30,33)(H2,31,32,34). The summed E-state index contributed by atoms with van der Waals surface area (Å²) in [6.07, 6.45) is 9.30. The SMILES string of the molecule is CC(C)NC(=NC1CCC(OCCOC2CCC(N=C(NC(C)C)NC(C)C)CC2)CC1)NC(C)C. The molecule has 0 aromatic rings. The van der Waals surface area contributed by atoms with E-state index in [0.717, 1.165) is 63.3 Å². The highest BCUT2D eigenvalue weighted by Gasteiger charge is 2.24. The minimum absolute atomic E-state index is 0.338. The van der Waals surface area contributed by atoms with Crippen LogP contribution >= 0.6 is 0 Å². The number of aliphatic imine (C=N–C) groups is 2. The Bertz CT molecular complexity index is 568. The van der Waals surface area contributed by atoms with Gasteiger partial charge in [-0.25, -0.2) is 9.98 Å². The van der Waals surface area contributed by atoms with Crippen LogP contribution in [0.5, 0.6) is 0 Å². The van der Waals surface area contributed by atoms with Gasteiger partial charge in [-0.1, -0.05) is 0 Å². The third kappa shape index (κ3) is 13.1. The average Bonchev–Trinajstić information content (AvgIpc) is 2.77. The van der Waals surface area contributed by atoms with Crippen molar-refractivity contribution in [2.24, 2.45) is 9.98 Å². The number of guanidine groups is 2. The molecule has 0 amide bonds. The molecule has 2 aliphatic carbocycles. The second-order valence-corrected chi connectivity index (χ2v) is 11.8. The van der Waals surface area contributed by atoms with E-state index in [1.54, 1.807) is 0 Å². The molecule has 4 N–H and O–H groups in total. The fourth-order valence-corrected chi connectivity index (χ4v) is 4.80. The van der Waals surface area contributed by atoms with E-state index >= 15 is 0 Å². The molecule has 210 valence electrons. The van der Waals surface area contributed by atoms with Crippen LogP contribution in [0.25, 0.3) is 0 Å². The Kier molecular flexibility index (Phi) is 13.9. The Labute approximate surface area is 221 Å². The first-order chi connectivity index (χ1) is 17.1. The van der Waals surface area contributed by atoms with Gasteiger partial charge in [-0.2, -0.15) is 0 Å². The molecule has 0 spiro atoms. The van der Waals surface area contributed by atoms with Crippen LogP contribution in [0.4, 0.5) is 0 Å². The lowest BCUT2D eigenvalue weighted by Gasteiger charge is -2.29. The van der Waals surface area contributed by atoms with E-state index < -0.39 is 0 Å². The van der Waals surface area contributed by atoms with E-state index in [9.17, 15) is 0 Å². The quantitative estimate of drug-likeness (QED) is 0.188. The van der Waals surface area contributed by atoms with Crippen molar-refractivity contribution in [3.8, 4) is 0 Å². The van der Waals surface area contributed by atoms with Gasteiger partial charge >= 0.3 is 0 Å². The summed E-state index contributed by atoms with van der Waals surface area (Å²) in [6, 6.07) is 2.24. The maximum absolute atomic E-state index is 6.16. The van der Waals surface area contributed by atoms with Crippen LogP contribution in [0.2, 0.25) is 0 Å². The minimum atomic E-state index is 0.338. The van der Waals surface area contributed by atoms with Crippen molar-refractivity contribution < 1.29 is 9.47 Å². The van der Waals surface area contributed by atoms with Gasteiger partial charge in [0.05, 0.1) is 37.5 Å². The molecule has 0 bridgehead atoms. The van der Waals surface area contributed by atoms with E-state index in [1.807, 2.05) is 0 Å². The van der Waals surface area contributed by atoms with Gasteiger partial charge in [0.1, 0.15) is 0 Å². The molecule has 36 heavy (non-hydrogen) atoms. The Hall–Kier alpha value is -1.54. The first-order valence-electron chi connectivity index (χ1n) is 14.6. The van der Waals surface area contributed by atoms with Crippen LogP contribution < -0.4 is 21.3 Å². The first-order valence-corrected chi connectivity index (χ1v) is 14.6. The van der Waals surface area contributed by atoms with Gasteiger partial charge in [0.2, 0.25) is 0 Å². The summed E-state index contributed by atoms with van der Waals surface area (Å²) >= 11 is 0.